The lowest BCUT2D eigenvalue weighted by Crippen LogP contribution is -2.46. The Morgan fingerprint density at radius 3 is 2.48 bits per heavy atom. The van der Waals surface area contributed by atoms with Crippen LogP contribution >= 0.6 is 0 Å². The zero-order valence-corrected chi connectivity index (χ0v) is 24.2. The van der Waals surface area contributed by atoms with Crippen molar-refractivity contribution in [3.8, 4) is 0 Å². The number of carbonyl (C=O) groups is 3. The quantitative estimate of drug-likeness (QED) is 0.330. The normalized spacial score (nSPS) is 16.1. The van der Waals surface area contributed by atoms with E-state index >= 15 is 0 Å². The predicted molar refractivity (Wildman–Crippen MR) is 153 cm³/mol. The van der Waals surface area contributed by atoms with Crippen LogP contribution in [-0.2, 0) is 23.9 Å². The van der Waals surface area contributed by atoms with Gasteiger partial charge in [-0.1, -0.05) is 29.4 Å². The van der Waals surface area contributed by atoms with Crippen LogP contribution in [0.3, 0.4) is 0 Å². The highest BCUT2D eigenvalue weighted by Gasteiger charge is 2.29. The summed E-state index contributed by atoms with van der Waals surface area (Å²) < 4.78 is 10.9. The monoisotopic (exact) mass is 555 g/mol. The first kappa shape index (κ1) is 30.8. The summed E-state index contributed by atoms with van der Waals surface area (Å²) in [7, 11) is 0. The van der Waals surface area contributed by atoms with Gasteiger partial charge in [-0.05, 0) is 72.3 Å². The molecule has 11 heteroatoms. The van der Waals surface area contributed by atoms with Gasteiger partial charge in [0.1, 0.15) is 34.9 Å². The number of hydrogen-bond acceptors (Lipinski definition) is 9. The lowest BCUT2D eigenvalue weighted by molar-refractivity contribution is -0.156. The lowest BCUT2D eigenvalue weighted by atomic mass is 10.1. The fraction of sp³-hybridized carbons (Fsp3) is 0.552. The molecule has 0 saturated heterocycles. The fourth-order valence-electron chi connectivity index (χ4n) is 4.04. The van der Waals surface area contributed by atoms with Crippen LogP contribution in [0.5, 0.6) is 0 Å². The summed E-state index contributed by atoms with van der Waals surface area (Å²) in [5.41, 5.74) is 4.76. The van der Waals surface area contributed by atoms with E-state index in [1.807, 2.05) is 51.1 Å². The van der Waals surface area contributed by atoms with Crippen molar-refractivity contribution >= 4 is 40.3 Å². The van der Waals surface area contributed by atoms with Crippen molar-refractivity contribution in [1.29, 1.82) is 0 Å². The molecule has 1 aliphatic heterocycles. The van der Waals surface area contributed by atoms with Gasteiger partial charge in [0.25, 0.3) is 5.91 Å². The number of hydrogen-bond donors (Lipinski definition) is 2. The molecule has 1 aliphatic rings. The third kappa shape index (κ3) is 9.18. The number of carbonyl (C=O) groups excluding carboxylic acids is 3. The molecule has 0 saturated carbocycles. The summed E-state index contributed by atoms with van der Waals surface area (Å²) in [6.07, 6.45) is 3.34. The van der Waals surface area contributed by atoms with Crippen LogP contribution in [0, 0.1) is 0 Å². The van der Waals surface area contributed by atoms with Crippen LogP contribution in [0.25, 0.3) is 10.8 Å². The average molecular weight is 556 g/mol. The number of nitrogens with two attached hydrogens (primary N) is 1. The van der Waals surface area contributed by atoms with Crippen molar-refractivity contribution in [2.75, 3.05) is 18.0 Å². The second kappa shape index (κ2) is 13.1. The fourth-order valence-corrected chi connectivity index (χ4v) is 4.04. The Hall–Kier alpha value is -3.73. The number of unbranched alkanes of at least 4 members (excludes halogenated alkanes) is 1. The molecule has 2 heterocycles. The van der Waals surface area contributed by atoms with E-state index in [0.717, 1.165) is 17.2 Å². The highest BCUT2D eigenvalue weighted by atomic mass is 16.6. The van der Waals surface area contributed by atoms with Crippen LogP contribution < -0.4 is 16.0 Å². The second-order valence-electron chi connectivity index (χ2n) is 11.8. The van der Waals surface area contributed by atoms with Crippen molar-refractivity contribution in [3.05, 3.63) is 36.5 Å². The third-order valence-electron chi connectivity index (χ3n) is 5.87. The van der Waals surface area contributed by atoms with Gasteiger partial charge in [-0.3, -0.25) is 14.5 Å². The molecule has 0 spiro atoms. The second-order valence-corrected chi connectivity index (χ2v) is 11.8. The highest BCUT2D eigenvalue weighted by molar-refractivity contribution is 6.39. The van der Waals surface area contributed by atoms with Crippen molar-refractivity contribution in [2.45, 2.75) is 90.6 Å². The van der Waals surface area contributed by atoms with Crippen molar-refractivity contribution in [3.63, 3.8) is 0 Å². The molecule has 0 bridgehead atoms. The van der Waals surface area contributed by atoms with E-state index in [1.54, 1.807) is 31.9 Å². The number of pyridine rings is 1. The Balaban J connectivity index is 1.50. The first-order valence-corrected chi connectivity index (χ1v) is 13.6. The number of nitrogens with zero attached hydrogens (tertiary/aromatic N) is 3. The van der Waals surface area contributed by atoms with E-state index in [2.05, 4.69) is 15.5 Å². The Morgan fingerprint density at radius 2 is 1.77 bits per heavy atom. The molecule has 1 aromatic carbocycles. The molecule has 40 heavy (non-hydrogen) atoms. The van der Waals surface area contributed by atoms with E-state index in [1.165, 1.54) is 0 Å². The molecule has 0 fully saturated rings. The third-order valence-corrected chi connectivity index (χ3v) is 5.87. The van der Waals surface area contributed by atoms with Crippen LogP contribution in [-0.4, -0.2) is 65.1 Å². The molecular weight excluding hydrogens is 514 g/mol. The molecular formula is C29H41N5O6. The molecule has 11 nitrogen and oxygen atoms in total. The van der Waals surface area contributed by atoms with Crippen LogP contribution in [0.1, 0.15) is 67.2 Å². The number of ether oxygens (including phenoxy) is 2. The summed E-state index contributed by atoms with van der Waals surface area (Å²) in [5.74, 6) is -0.467. The van der Waals surface area contributed by atoms with E-state index < -0.39 is 35.2 Å². The largest absolute Gasteiger partial charge is 0.459 e. The molecule has 2 atom stereocenters. The zero-order chi connectivity index (χ0) is 29.5. The molecule has 1 unspecified atom stereocenters. The number of esters is 1. The maximum Gasteiger partial charge on any atom is 0.416 e. The van der Waals surface area contributed by atoms with Gasteiger partial charge in [0.2, 0.25) is 0 Å². The number of aromatic nitrogens is 1. The maximum atomic E-state index is 13.1. The molecule has 2 aromatic rings. The van der Waals surface area contributed by atoms with Gasteiger partial charge in [-0.2, -0.15) is 0 Å². The number of amides is 2. The maximum absolute atomic E-state index is 13.1. The average Bonchev–Trinajstić information content (AvgIpc) is 3.34. The summed E-state index contributed by atoms with van der Waals surface area (Å²) in [6, 6.07) is 8.69. The van der Waals surface area contributed by atoms with Crippen LogP contribution in [0.2, 0.25) is 0 Å². The summed E-state index contributed by atoms with van der Waals surface area (Å²) in [6.45, 7) is 11.1. The van der Waals surface area contributed by atoms with Gasteiger partial charge in [0.05, 0.1) is 0 Å². The molecule has 3 rings (SSSR count). The van der Waals surface area contributed by atoms with Crippen LogP contribution in [0.4, 0.5) is 10.6 Å². The van der Waals surface area contributed by atoms with Gasteiger partial charge >= 0.3 is 12.1 Å². The molecule has 0 radical (unpaired) electrons. The predicted octanol–water partition coefficient (Wildman–Crippen LogP) is 4.08. The van der Waals surface area contributed by atoms with E-state index in [0.29, 0.717) is 31.6 Å². The minimum atomic E-state index is -0.981. The Kier molecular flexibility index (Phi) is 10.1. The van der Waals surface area contributed by atoms with Gasteiger partial charge in [0.15, 0.2) is 0 Å². The number of rotatable bonds is 10. The van der Waals surface area contributed by atoms with Gasteiger partial charge < -0.3 is 25.4 Å². The molecule has 2 amide bonds. The van der Waals surface area contributed by atoms with Crippen molar-refractivity contribution in [1.82, 2.24) is 10.3 Å². The summed E-state index contributed by atoms with van der Waals surface area (Å²) in [4.78, 5) is 49.2. The molecule has 0 aliphatic carbocycles. The Morgan fingerprint density at radius 1 is 1.07 bits per heavy atom. The number of anilines is 1. The Labute approximate surface area is 235 Å². The topological polar surface area (TPSA) is 145 Å². The minimum Gasteiger partial charge on any atom is -0.459 e. The molecule has 3 N–H and O–H groups in total. The van der Waals surface area contributed by atoms with Crippen LogP contribution in [0.15, 0.2) is 41.7 Å². The van der Waals surface area contributed by atoms with E-state index in [4.69, 9.17) is 20.0 Å². The number of fused-ring (bicyclic) bond motifs is 1. The summed E-state index contributed by atoms with van der Waals surface area (Å²) in [5, 5.41) is 8.38. The first-order valence-electron chi connectivity index (χ1n) is 13.6. The number of oxime groups is 1. The van der Waals surface area contributed by atoms with Gasteiger partial charge in [-0.15, -0.1) is 0 Å². The van der Waals surface area contributed by atoms with Crippen molar-refractivity contribution < 1.29 is 28.7 Å². The standard InChI is InChI=1S/C29H41N5O6/c1-28(2,3)38-26(36)22(30)18-32-25(35)23-17-20(40-33-23)12-9-10-16-34(27(37)39-29(4,5)6)24-21-13-8-7-11-19(21)14-15-31-24/h7-8,11,13-15,20,22H,9-10,12,16-18,30H2,1-6H3,(H,32,35)/t20?,22-/m0/s1. The van der Waals surface area contributed by atoms with E-state index in [9.17, 15) is 14.4 Å². The SMILES string of the molecule is CC(C)(C)OC(=O)[C@@H](N)CNC(=O)C1=NOC(CCCCN(C(=O)OC(C)(C)C)c2nccc3ccccc23)C1. The molecule has 218 valence electrons. The number of nitrogens with one attached hydrogen (secondary N) is 1. The first-order chi connectivity index (χ1) is 18.7. The smallest absolute Gasteiger partial charge is 0.416 e. The minimum absolute atomic E-state index is 0.0693. The lowest BCUT2D eigenvalue weighted by Gasteiger charge is -2.27. The summed E-state index contributed by atoms with van der Waals surface area (Å²) >= 11 is 0. The van der Waals surface area contributed by atoms with Crippen molar-refractivity contribution in [2.24, 2.45) is 10.9 Å². The van der Waals surface area contributed by atoms with E-state index in [-0.39, 0.29) is 18.4 Å². The zero-order valence-electron chi connectivity index (χ0n) is 24.2. The number of benzene rings is 1. The highest BCUT2D eigenvalue weighted by Crippen LogP contribution is 2.26. The molecule has 1 aromatic heterocycles. The Bertz CT molecular complexity index is 1230. The van der Waals surface area contributed by atoms with Gasteiger partial charge in [-0.25, -0.2) is 9.78 Å². The van der Waals surface area contributed by atoms with Gasteiger partial charge in [0, 0.05) is 31.1 Å².